The molecule has 6 heteroatoms. The zero-order valence-corrected chi connectivity index (χ0v) is 6.95. The number of hydrogen-bond acceptors (Lipinski definition) is 4. The molecule has 1 N–H and O–H groups in total. The zero-order chi connectivity index (χ0) is 9.03. The van der Waals surface area contributed by atoms with Crippen molar-refractivity contribution in [2.75, 3.05) is 4.72 Å². The fourth-order valence-electron chi connectivity index (χ4n) is 0.539. The molecular formula is C6H7N3O2S. The van der Waals surface area contributed by atoms with Gasteiger partial charge in [0.25, 0.3) is 10.0 Å². The van der Waals surface area contributed by atoms with Gasteiger partial charge in [0.15, 0.2) is 5.82 Å². The topological polar surface area (TPSA) is 72.0 Å². The van der Waals surface area contributed by atoms with Gasteiger partial charge < -0.3 is 0 Å². The first kappa shape index (κ1) is 8.66. The monoisotopic (exact) mass is 185 g/mol. The van der Waals surface area contributed by atoms with Gasteiger partial charge in [-0.05, 0) is 0 Å². The summed E-state index contributed by atoms with van der Waals surface area (Å²) in [5.74, 6) is 0.178. The fraction of sp³-hybridized carbons (Fsp3) is 0. The number of nitrogens with one attached hydrogen (secondary N) is 1. The van der Waals surface area contributed by atoms with E-state index >= 15 is 0 Å². The molecule has 1 rings (SSSR count). The maximum atomic E-state index is 10.9. The maximum Gasteiger partial charge on any atom is 0.255 e. The molecule has 5 nitrogen and oxygen atoms in total. The summed E-state index contributed by atoms with van der Waals surface area (Å²) in [7, 11) is -3.46. The number of sulfonamides is 1. The molecule has 0 unspecified atom stereocenters. The highest BCUT2D eigenvalue weighted by Crippen LogP contribution is 2.01. The Bertz CT molecular complexity index is 360. The third-order valence-electron chi connectivity index (χ3n) is 1.03. The van der Waals surface area contributed by atoms with Gasteiger partial charge in [0.1, 0.15) is 0 Å². The van der Waals surface area contributed by atoms with Gasteiger partial charge in [0, 0.05) is 17.8 Å². The normalized spacial score (nSPS) is 10.7. The highest BCUT2D eigenvalue weighted by Gasteiger charge is 2.03. The summed E-state index contributed by atoms with van der Waals surface area (Å²) in [4.78, 5) is 7.39. The van der Waals surface area contributed by atoms with Gasteiger partial charge in [-0.3, -0.25) is 9.71 Å². The van der Waals surface area contributed by atoms with E-state index in [1.165, 1.54) is 18.6 Å². The molecule has 12 heavy (non-hydrogen) atoms. The molecule has 0 aliphatic heterocycles. The van der Waals surface area contributed by atoms with Crippen LogP contribution in [0.15, 0.2) is 30.6 Å². The quantitative estimate of drug-likeness (QED) is 0.738. The van der Waals surface area contributed by atoms with Crippen LogP contribution in [0, 0.1) is 0 Å². The van der Waals surface area contributed by atoms with Gasteiger partial charge in [0.05, 0.1) is 6.20 Å². The van der Waals surface area contributed by atoms with Crippen molar-refractivity contribution in [1.82, 2.24) is 9.97 Å². The molecule has 0 saturated carbocycles. The number of nitrogens with zero attached hydrogens (tertiary/aromatic N) is 2. The summed E-state index contributed by atoms with van der Waals surface area (Å²) in [6, 6.07) is 0. The smallest absolute Gasteiger partial charge is 0.255 e. The van der Waals surface area contributed by atoms with Crippen LogP contribution in [0.4, 0.5) is 5.82 Å². The summed E-state index contributed by atoms with van der Waals surface area (Å²) >= 11 is 0. The molecule has 0 fully saturated rings. The molecule has 1 aromatic heterocycles. The van der Waals surface area contributed by atoms with E-state index in [1.807, 2.05) is 0 Å². The Balaban J connectivity index is 2.85. The molecule has 0 aliphatic rings. The zero-order valence-electron chi connectivity index (χ0n) is 6.14. The van der Waals surface area contributed by atoms with Gasteiger partial charge in [-0.1, -0.05) is 6.58 Å². The first-order chi connectivity index (χ1) is 5.64. The Hall–Kier alpha value is -1.43. The predicted octanol–water partition coefficient (Wildman–Crippen LogP) is 0.362. The van der Waals surface area contributed by atoms with Crippen molar-refractivity contribution in [3.8, 4) is 0 Å². The average molecular weight is 185 g/mol. The van der Waals surface area contributed by atoms with Crippen molar-refractivity contribution in [3.63, 3.8) is 0 Å². The third-order valence-corrected chi connectivity index (χ3v) is 1.96. The number of rotatable bonds is 3. The second-order valence-corrected chi connectivity index (χ2v) is 3.53. The molecule has 0 radical (unpaired) electrons. The van der Waals surface area contributed by atoms with Crippen LogP contribution >= 0.6 is 0 Å². The molecule has 0 amide bonds. The number of aromatic nitrogens is 2. The molecule has 0 bridgehead atoms. The van der Waals surface area contributed by atoms with E-state index in [9.17, 15) is 8.42 Å². The lowest BCUT2D eigenvalue weighted by Gasteiger charge is -2.00. The van der Waals surface area contributed by atoms with Crippen molar-refractivity contribution in [2.24, 2.45) is 0 Å². The molecule has 1 aromatic rings. The molecule has 0 aliphatic carbocycles. The Kier molecular flexibility index (Phi) is 2.39. The van der Waals surface area contributed by atoms with Crippen LogP contribution in [0.25, 0.3) is 0 Å². The van der Waals surface area contributed by atoms with Crippen LogP contribution in [0.3, 0.4) is 0 Å². The van der Waals surface area contributed by atoms with Crippen LogP contribution in [0.2, 0.25) is 0 Å². The second-order valence-electron chi connectivity index (χ2n) is 1.90. The fourth-order valence-corrected chi connectivity index (χ4v) is 1.02. The average Bonchev–Trinajstić information content (AvgIpc) is 2.06. The minimum Gasteiger partial charge on any atom is -0.263 e. The van der Waals surface area contributed by atoms with E-state index < -0.39 is 10.0 Å². The van der Waals surface area contributed by atoms with E-state index in [0.29, 0.717) is 0 Å². The third kappa shape index (κ3) is 2.31. The van der Waals surface area contributed by atoms with Gasteiger partial charge in [-0.15, -0.1) is 0 Å². The van der Waals surface area contributed by atoms with Gasteiger partial charge in [0.2, 0.25) is 0 Å². The van der Waals surface area contributed by atoms with Crippen molar-refractivity contribution in [2.45, 2.75) is 0 Å². The Labute approximate surface area is 70.2 Å². The standard InChI is InChI=1S/C6H7N3O2S/c1-2-12(10,11)9-6-5-7-3-4-8-6/h2-5H,1H2,(H,8,9). The molecule has 0 atom stereocenters. The molecule has 0 spiro atoms. The van der Waals surface area contributed by atoms with E-state index in [-0.39, 0.29) is 5.82 Å². The number of anilines is 1. The van der Waals surface area contributed by atoms with Crippen molar-refractivity contribution in [3.05, 3.63) is 30.6 Å². The predicted molar refractivity (Wildman–Crippen MR) is 44.8 cm³/mol. The highest BCUT2D eigenvalue weighted by molar-refractivity contribution is 7.95. The molecule has 0 saturated heterocycles. The first-order valence-electron chi connectivity index (χ1n) is 3.05. The molecular weight excluding hydrogens is 178 g/mol. The van der Waals surface area contributed by atoms with Crippen LogP contribution < -0.4 is 4.72 Å². The Morgan fingerprint density at radius 2 is 2.25 bits per heavy atom. The summed E-state index contributed by atoms with van der Waals surface area (Å²) in [5.41, 5.74) is 0. The van der Waals surface area contributed by atoms with E-state index in [2.05, 4.69) is 21.3 Å². The van der Waals surface area contributed by atoms with Gasteiger partial charge in [-0.25, -0.2) is 13.4 Å². The van der Waals surface area contributed by atoms with E-state index in [0.717, 1.165) is 5.41 Å². The number of hydrogen-bond donors (Lipinski definition) is 1. The lowest BCUT2D eigenvalue weighted by atomic mass is 10.7. The maximum absolute atomic E-state index is 10.9. The Morgan fingerprint density at radius 3 is 2.75 bits per heavy atom. The van der Waals surface area contributed by atoms with Gasteiger partial charge in [-0.2, -0.15) is 0 Å². The minimum absolute atomic E-state index is 0.178. The van der Waals surface area contributed by atoms with E-state index in [4.69, 9.17) is 0 Å². The molecule has 64 valence electrons. The van der Waals surface area contributed by atoms with Crippen LogP contribution in [-0.2, 0) is 10.0 Å². The second kappa shape index (κ2) is 3.31. The highest BCUT2D eigenvalue weighted by atomic mass is 32.2. The van der Waals surface area contributed by atoms with Crippen LogP contribution in [-0.4, -0.2) is 18.4 Å². The summed E-state index contributed by atoms with van der Waals surface area (Å²) in [6.07, 6.45) is 4.15. The molecule has 0 aromatic carbocycles. The van der Waals surface area contributed by atoms with Gasteiger partial charge >= 0.3 is 0 Å². The lowest BCUT2D eigenvalue weighted by molar-refractivity contribution is 0.609. The van der Waals surface area contributed by atoms with Crippen molar-refractivity contribution < 1.29 is 8.42 Å². The van der Waals surface area contributed by atoms with Crippen LogP contribution in [0.1, 0.15) is 0 Å². The SMILES string of the molecule is C=CS(=O)(=O)Nc1cnccn1. The Morgan fingerprint density at radius 1 is 1.50 bits per heavy atom. The first-order valence-corrected chi connectivity index (χ1v) is 4.60. The van der Waals surface area contributed by atoms with Crippen molar-refractivity contribution in [1.29, 1.82) is 0 Å². The van der Waals surface area contributed by atoms with Crippen LogP contribution in [0.5, 0.6) is 0 Å². The molecule has 1 heterocycles. The largest absolute Gasteiger partial charge is 0.263 e. The summed E-state index contributed by atoms with van der Waals surface area (Å²) in [5, 5.41) is 0.807. The van der Waals surface area contributed by atoms with Crippen molar-refractivity contribution >= 4 is 15.8 Å². The lowest BCUT2D eigenvalue weighted by Crippen LogP contribution is -2.09. The summed E-state index contributed by atoms with van der Waals surface area (Å²) < 4.78 is 23.9. The minimum atomic E-state index is -3.46. The summed E-state index contributed by atoms with van der Waals surface area (Å²) in [6.45, 7) is 3.13. The van der Waals surface area contributed by atoms with E-state index in [1.54, 1.807) is 0 Å².